The molecule has 0 unspecified atom stereocenters. The van der Waals surface area contributed by atoms with E-state index < -0.39 is 0 Å². The minimum atomic E-state index is -0.327. The van der Waals surface area contributed by atoms with Gasteiger partial charge in [-0.05, 0) is 35.8 Å². The number of carbonyl (C=O) groups is 1. The zero-order valence-corrected chi connectivity index (χ0v) is 11.4. The first-order valence-electron chi connectivity index (χ1n) is 5.84. The molecule has 0 bridgehead atoms. The molecule has 0 aliphatic carbocycles. The second-order valence-corrected chi connectivity index (χ2v) is 3.50. The molecule has 0 aliphatic rings. The summed E-state index contributed by atoms with van der Waals surface area (Å²) in [6.07, 6.45) is 0.145. The molecule has 96 valence electrons. The summed E-state index contributed by atoms with van der Waals surface area (Å²) in [6, 6.07) is 7.38. The van der Waals surface area contributed by atoms with Crippen LogP contribution in [0.4, 0.5) is 0 Å². The molecule has 3 nitrogen and oxygen atoms in total. The quantitative estimate of drug-likeness (QED) is 0.766. The summed E-state index contributed by atoms with van der Waals surface area (Å²) in [6.45, 7) is 9.75. The van der Waals surface area contributed by atoms with Crippen molar-refractivity contribution in [3.63, 3.8) is 0 Å². The van der Waals surface area contributed by atoms with E-state index in [1.165, 1.54) is 7.11 Å². The van der Waals surface area contributed by atoms with Crippen LogP contribution in [0.25, 0.3) is 5.57 Å². The van der Waals surface area contributed by atoms with Crippen molar-refractivity contribution in [2.45, 2.75) is 27.2 Å². The average molecular weight is 245 g/mol. The van der Waals surface area contributed by atoms with Crippen LogP contribution in [0.5, 0.6) is 0 Å². The minimum absolute atomic E-state index is 0.145. The molecule has 0 aliphatic heterocycles. The van der Waals surface area contributed by atoms with Gasteiger partial charge in [0.05, 0.1) is 25.2 Å². The van der Waals surface area contributed by atoms with Gasteiger partial charge in [0.2, 0.25) is 0 Å². The summed E-state index contributed by atoms with van der Waals surface area (Å²) in [5.74, 6) is -0.327. The molecule has 1 aromatic carbocycles. The number of methoxy groups -OCH3 is 1. The first-order valence-corrected chi connectivity index (χ1v) is 5.84. The smallest absolute Gasteiger partial charge is 0.309 e. The van der Waals surface area contributed by atoms with Crippen molar-refractivity contribution >= 4 is 11.5 Å². The van der Waals surface area contributed by atoms with E-state index in [9.17, 15) is 4.79 Å². The molecule has 0 spiro atoms. The maximum absolute atomic E-state index is 11.1. The molecule has 0 atom stereocenters. The van der Waals surface area contributed by atoms with E-state index in [4.69, 9.17) is 5.26 Å². The van der Waals surface area contributed by atoms with Gasteiger partial charge in [-0.3, -0.25) is 4.79 Å². The van der Waals surface area contributed by atoms with Gasteiger partial charge in [-0.15, -0.1) is 0 Å². The number of hydrogen-bond acceptors (Lipinski definition) is 3. The van der Waals surface area contributed by atoms with Gasteiger partial charge in [0.1, 0.15) is 0 Å². The van der Waals surface area contributed by atoms with E-state index in [0.717, 1.165) is 11.1 Å². The van der Waals surface area contributed by atoms with Crippen LogP contribution in [-0.2, 0) is 9.53 Å². The normalized spacial score (nSPS) is 8.61. The second-order valence-electron chi connectivity index (χ2n) is 3.50. The standard InChI is InChI=1S/C13H13NO2.C2H6/c1-9-4-5-11(8-14)7-12(9)10(2)6-13(15)16-3;1-2/h4-5,7H,2,6H2,1,3H3;1-2H3. The molecular formula is C15H19NO2. The van der Waals surface area contributed by atoms with E-state index in [0.29, 0.717) is 11.1 Å². The molecule has 1 rings (SSSR count). The third kappa shape index (κ3) is 4.42. The van der Waals surface area contributed by atoms with Crippen LogP contribution in [0.3, 0.4) is 0 Å². The van der Waals surface area contributed by atoms with E-state index in [-0.39, 0.29) is 12.4 Å². The summed E-state index contributed by atoms with van der Waals surface area (Å²) in [7, 11) is 1.34. The number of nitriles is 1. The highest BCUT2D eigenvalue weighted by molar-refractivity contribution is 5.85. The van der Waals surface area contributed by atoms with Gasteiger partial charge in [0.15, 0.2) is 0 Å². The fourth-order valence-corrected chi connectivity index (χ4v) is 1.41. The topological polar surface area (TPSA) is 50.1 Å². The van der Waals surface area contributed by atoms with E-state index in [1.54, 1.807) is 12.1 Å². The second kappa shape index (κ2) is 8.08. The first-order chi connectivity index (χ1) is 8.58. The van der Waals surface area contributed by atoms with Crippen LogP contribution in [-0.4, -0.2) is 13.1 Å². The summed E-state index contributed by atoms with van der Waals surface area (Å²) in [5, 5.41) is 8.79. The Morgan fingerprint density at radius 1 is 1.44 bits per heavy atom. The van der Waals surface area contributed by atoms with E-state index in [2.05, 4.69) is 17.4 Å². The molecule has 0 saturated carbocycles. The van der Waals surface area contributed by atoms with Crippen LogP contribution in [0.15, 0.2) is 24.8 Å². The Bertz CT molecular complexity index is 470. The molecule has 18 heavy (non-hydrogen) atoms. The Morgan fingerprint density at radius 2 is 2.06 bits per heavy atom. The van der Waals surface area contributed by atoms with Gasteiger partial charge < -0.3 is 4.74 Å². The Labute approximate surface area is 109 Å². The number of ether oxygens (including phenoxy) is 1. The third-order valence-electron chi connectivity index (χ3n) is 2.33. The Kier molecular flexibility index (Phi) is 7.14. The van der Waals surface area contributed by atoms with Gasteiger partial charge in [-0.2, -0.15) is 5.26 Å². The summed E-state index contributed by atoms with van der Waals surface area (Å²) >= 11 is 0. The molecule has 0 aromatic heterocycles. The average Bonchev–Trinajstić information content (AvgIpc) is 2.41. The van der Waals surface area contributed by atoms with Gasteiger partial charge in [0, 0.05) is 0 Å². The van der Waals surface area contributed by atoms with Crippen molar-refractivity contribution in [1.82, 2.24) is 0 Å². The number of rotatable bonds is 3. The molecule has 0 saturated heterocycles. The molecule has 0 amide bonds. The number of aryl methyl sites for hydroxylation is 1. The predicted molar refractivity (Wildman–Crippen MR) is 72.9 cm³/mol. The number of nitrogens with zero attached hydrogens (tertiary/aromatic N) is 1. The van der Waals surface area contributed by atoms with Crippen molar-refractivity contribution in [1.29, 1.82) is 5.26 Å². The fraction of sp³-hybridized carbons (Fsp3) is 0.333. The number of benzene rings is 1. The van der Waals surface area contributed by atoms with Gasteiger partial charge in [-0.1, -0.05) is 26.5 Å². The SMILES string of the molecule is C=C(CC(=O)OC)c1cc(C#N)ccc1C.CC. The maximum Gasteiger partial charge on any atom is 0.309 e. The van der Waals surface area contributed by atoms with Gasteiger partial charge in [0.25, 0.3) is 0 Å². The molecule has 0 fully saturated rings. The molecule has 0 heterocycles. The van der Waals surface area contributed by atoms with Gasteiger partial charge >= 0.3 is 5.97 Å². The lowest BCUT2D eigenvalue weighted by atomic mass is 9.97. The maximum atomic E-state index is 11.1. The van der Waals surface area contributed by atoms with E-state index in [1.807, 2.05) is 26.8 Å². The Morgan fingerprint density at radius 3 is 2.56 bits per heavy atom. The highest BCUT2D eigenvalue weighted by Gasteiger charge is 2.09. The lowest BCUT2D eigenvalue weighted by Gasteiger charge is -2.08. The predicted octanol–water partition coefficient (Wildman–Crippen LogP) is 3.47. The zero-order valence-electron chi connectivity index (χ0n) is 11.4. The molecule has 1 aromatic rings. The lowest BCUT2D eigenvalue weighted by molar-refractivity contribution is -0.139. The van der Waals surface area contributed by atoms with Crippen LogP contribution in [0.2, 0.25) is 0 Å². The molecule has 0 N–H and O–H groups in total. The summed E-state index contributed by atoms with van der Waals surface area (Å²) in [5.41, 5.74) is 3.06. The summed E-state index contributed by atoms with van der Waals surface area (Å²) in [4.78, 5) is 11.1. The fourth-order valence-electron chi connectivity index (χ4n) is 1.41. The Balaban J connectivity index is 0.00000137. The molecule has 3 heteroatoms. The van der Waals surface area contributed by atoms with Crippen molar-refractivity contribution in [2.75, 3.05) is 7.11 Å². The van der Waals surface area contributed by atoms with Gasteiger partial charge in [-0.25, -0.2) is 0 Å². The van der Waals surface area contributed by atoms with Crippen LogP contribution in [0, 0.1) is 18.3 Å². The van der Waals surface area contributed by atoms with Crippen molar-refractivity contribution in [2.24, 2.45) is 0 Å². The minimum Gasteiger partial charge on any atom is -0.469 e. The number of hydrogen-bond donors (Lipinski definition) is 0. The summed E-state index contributed by atoms with van der Waals surface area (Å²) < 4.78 is 4.57. The highest BCUT2D eigenvalue weighted by Crippen LogP contribution is 2.21. The van der Waals surface area contributed by atoms with Crippen LogP contribution < -0.4 is 0 Å². The van der Waals surface area contributed by atoms with E-state index >= 15 is 0 Å². The highest BCUT2D eigenvalue weighted by atomic mass is 16.5. The van der Waals surface area contributed by atoms with Crippen LogP contribution in [0.1, 0.15) is 37.0 Å². The lowest BCUT2D eigenvalue weighted by Crippen LogP contribution is -2.02. The van der Waals surface area contributed by atoms with Crippen LogP contribution >= 0.6 is 0 Å². The molecular weight excluding hydrogens is 226 g/mol. The Hall–Kier alpha value is -2.08. The monoisotopic (exact) mass is 245 g/mol. The number of carbonyl (C=O) groups excluding carboxylic acids is 1. The first kappa shape index (κ1) is 15.9. The van der Waals surface area contributed by atoms with Crippen molar-refractivity contribution in [3.8, 4) is 6.07 Å². The zero-order chi connectivity index (χ0) is 14.1. The number of esters is 1. The van der Waals surface area contributed by atoms with Crippen molar-refractivity contribution < 1.29 is 9.53 Å². The largest absolute Gasteiger partial charge is 0.469 e. The molecule has 0 radical (unpaired) electrons. The third-order valence-corrected chi connectivity index (χ3v) is 2.33. The van der Waals surface area contributed by atoms with Crippen molar-refractivity contribution in [3.05, 3.63) is 41.5 Å².